The van der Waals surface area contributed by atoms with Gasteiger partial charge in [-0.3, -0.25) is 0 Å². The summed E-state index contributed by atoms with van der Waals surface area (Å²) in [5.41, 5.74) is 0. The third-order valence-corrected chi connectivity index (χ3v) is 5.27. The van der Waals surface area contributed by atoms with Crippen molar-refractivity contribution in [2.45, 2.75) is 50.0 Å². The molecular weight excluding hydrogens is 276 g/mol. The third-order valence-electron chi connectivity index (χ3n) is 3.83. The predicted molar refractivity (Wildman–Crippen MR) is 77.9 cm³/mol. The number of rotatable bonds is 4. The molecule has 0 bridgehead atoms. The molecule has 1 heterocycles. The van der Waals surface area contributed by atoms with Crippen LogP contribution in [0.3, 0.4) is 0 Å². The minimum Gasteiger partial charge on any atom is -0.357 e. The Kier molecular flexibility index (Phi) is 4.93. The van der Waals surface area contributed by atoms with Gasteiger partial charge in [0.1, 0.15) is 4.90 Å². The zero-order valence-corrected chi connectivity index (χ0v) is 12.8. The van der Waals surface area contributed by atoms with Gasteiger partial charge in [0, 0.05) is 13.1 Å². The maximum Gasteiger partial charge on any atom is 0.243 e. The van der Waals surface area contributed by atoms with Crippen molar-refractivity contribution in [3.8, 4) is 0 Å². The Morgan fingerprint density at radius 3 is 2.45 bits per heavy atom. The van der Waals surface area contributed by atoms with Crippen LogP contribution in [0.15, 0.2) is 17.3 Å². The van der Waals surface area contributed by atoms with E-state index in [0.717, 1.165) is 19.3 Å². The summed E-state index contributed by atoms with van der Waals surface area (Å²) in [4.78, 5) is 8.02. The van der Waals surface area contributed by atoms with Crippen LogP contribution in [0, 0.1) is 5.92 Å². The van der Waals surface area contributed by atoms with Gasteiger partial charge in [-0.05, 0) is 18.8 Å². The molecule has 0 saturated heterocycles. The second kappa shape index (κ2) is 6.49. The third kappa shape index (κ3) is 3.67. The lowest BCUT2D eigenvalue weighted by Crippen LogP contribution is -2.38. The maximum absolute atomic E-state index is 12.3. The summed E-state index contributed by atoms with van der Waals surface area (Å²) in [5.74, 6) is 0.775. The molecule has 0 amide bonds. The first-order valence-electron chi connectivity index (χ1n) is 7.05. The van der Waals surface area contributed by atoms with Crippen LogP contribution in [-0.2, 0) is 10.0 Å². The van der Waals surface area contributed by atoms with Crippen LogP contribution in [0.25, 0.3) is 0 Å². The van der Waals surface area contributed by atoms with Crippen molar-refractivity contribution in [3.05, 3.63) is 12.4 Å². The number of hydrogen-bond acceptors (Lipinski definition) is 5. The van der Waals surface area contributed by atoms with E-state index in [1.165, 1.54) is 25.2 Å². The zero-order valence-electron chi connectivity index (χ0n) is 12.0. The lowest BCUT2D eigenvalue weighted by molar-refractivity contribution is 0.399. The second-order valence-electron chi connectivity index (χ2n) is 5.34. The molecule has 0 aliphatic heterocycles. The Morgan fingerprint density at radius 1 is 1.15 bits per heavy atom. The molecule has 0 radical (unpaired) electrons. The van der Waals surface area contributed by atoms with Crippen LogP contribution >= 0.6 is 0 Å². The fraction of sp³-hybridized carbons (Fsp3) is 0.692. The van der Waals surface area contributed by atoms with Crippen molar-refractivity contribution in [1.29, 1.82) is 0 Å². The van der Waals surface area contributed by atoms with E-state index in [4.69, 9.17) is 0 Å². The number of nitrogens with zero attached hydrogens (tertiary/aromatic N) is 2. The van der Waals surface area contributed by atoms with Gasteiger partial charge in [0.15, 0.2) is 0 Å². The zero-order chi connectivity index (χ0) is 14.6. The van der Waals surface area contributed by atoms with Crippen molar-refractivity contribution in [2.24, 2.45) is 5.92 Å². The molecule has 2 atom stereocenters. The highest BCUT2D eigenvalue weighted by Crippen LogP contribution is 2.24. The Hall–Kier alpha value is -1.21. The fourth-order valence-electron chi connectivity index (χ4n) is 2.52. The van der Waals surface area contributed by atoms with Gasteiger partial charge in [-0.2, -0.15) is 0 Å². The molecule has 20 heavy (non-hydrogen) atoms. The summed E-state index contributed by atoms with van der Waals surface area (Å²) in [6.07, 6.45) is 8.08. The topological polar surface area (TPSA) is 84.0 Å². The summed E-state index contributed by atoms with van der Waals surface area (Å²) in [6.45, 7) is 2.11. The predicted octanol–water partition coefficient (Wildman–Crippen LogP) is 1.77. The standard InChI is InChI=1S/C13H22N4O2S/c1-10-6-4-3-5-7-12(10)17-20(18,19)11-8-15-13(14-2)16-9-11/h8-10,12,17H,3-7H2,1-2H3,(H,14,15,16). The van der Waals surface area contributed by atoms with E-state index in [1.54, 1.807) is 7.05 Å². The van der Waals surface area contributed by atoms with Gasteiger partial charge in [0.2, 0.25) is 16.0 Å². The highest BCUT2D eigenvalue weighted by atomic mass is 32.2. The average molecular weight is 298 g/mol. The van der Waals surface area contributed by atoms with E-state index in [2.05, 4.69) is 26.9 Å². The normalized spacial score (nSPS) is 24.1. The SMILES string of the molecule is CNc1ncc(S(=O)(=O)NC2CCCCCC2C)cn1. The fourth-order valence-corrected chi connectivity index (χ4v) is 3.79. The molecule has 2 N–H and O–H groups in total. The molecule has 112 valence electrons. The Balaban J connectivity index is 2.12. The van der Waals surface area contributed by atoms with E-state index < -0.39 is 10.0 Å². The van der Waals surface area contributed by atoms with Gasteiger partial charge < -0.3 is 5.32 Å². The number of hydrogen-bond donors (Lipinski definition) is 2. The first-order valence-corrected chi connectivity index (χ1v) is 8.53. The van der Waals surface area contributed by atoms with E-state index >= 15 is 0 Å². The van der Waals surface area contributed by atoms with Gasteiger partial charge in [-0.1, -0.05) is 26.2 Å². The summed E-state index contributed by atoms with van der Waals surface area (Å²) < 4.78 is 27.5. The molecule has 2 unspecified atom stereocenters. The lowest BCUT2D eigenvalue weighted by atomic mass is 9.98. The molecule has 1 aromatic heterocycles. The van der Waals surface area contributed by atoms with Crippen molar-refractivity contribution in [2.75, 3.05) is 12.4 Å². The lowest BCUT2D eigenvalue weighted by Gasteiger charge is -2.22. The number of nitrogens with one attached hydrogen (secondary N) is 2. The number of aromatic nitrogens is 2. The summed E-state index contributed by atoms with van der Waals surface area (Å²) in [5, 5.41) is 2.76. The van der Waals surface area contributed by atoms with Crippen LogP contribution in [-0.4, -0.2) is 31.5 Å². The molecular formula is C13H22N4O2S. The van der Waals surface area contributed by atoms with Gasteiger partial charge in [-0.15, -0.1) is 0 Å². The van der Waals surface area contributed by atoms with Gasteiger partial charge in [-0.25, -0.2) is 23.1 Å². The van der Waals surface area contributed by atoms with Crippen LogP contribution in [0.4, 0.5) is 5.95 Å². The van der Waals surface area contributed by atoms with Gasteiger partial charge in [0.25, 0.3) is 0 Å². The molecule has 0 aromatic carbocycles. The van der Waals surface area contributed by atoms with Gasteiger partial charge >= 0.3 is 0 Å². The molecule has 1 aliphatic carbocycles. The van der Waals surface area contributed by atoms with Crippen molar-refractivity contribution >= 4 is 16.0 Å². The Labute approximate surface area is 120 Å². The molecule has 1 fully saturated rings. The van der Waals surface area contributed by atoms with Crippen molar-refractivity contribution < 1.29 is 8.42 Å². The average Bonchev–Trinajstić information content (AvgIpc) is 2.64. The maximum atomic E-state index is 12.3. The summed E-state index contributed by atoms with van der Waals surface area (Å²) in [7, 11) is -1.85. The molecule has 0 spiro atoms. The van der Waals surface area contributed by atoms with E-state index in [9.17, 15) is 8.42 Å². The molecule has 1 saturated carbocycles. The highest BCUT2D eigenvalue weighted by Gasteiger charge is 2.26. The molecule has 1 aliphatic rings. The first kappa shape index (κ1) is 15.2. The molecule has 2 rings (SSSR count). The highest BCUT2D eigenvalue weighted by molar-refractivity contribution is 7.89. The smallest absolute Gasteiger partial charge is 0.243 e. The monoisotopic (exact) mass is 298 g/mol. The molecule has 6 nitrogen and oxygen atoms in total. The second-order valence-corrected chi connectivity index (χ2v) is 7.05. The van der Waals surface area contributed by atoms with E-state index in [1.807, 2.05) is 0 Å². The Bertz CT molecular complexity index is 530. The number of sulfonamides is 1. The minimum absolute atomic E-state index is 0.00600. The van der Waals surface area contributed by atoms with Crippen LogP contribution < -0.4 is 10.0 Å². The van der Waals surface area contributed by atoms with Crippen LogP contribution in [0.1, 0.15) is 39.0 Å². The summed E-state index contributed by atoms with van der Waals surface area (Å²) >= 11 is 0. The van der Waals surface area contributed by atoms with E-state index in [0.29, 0.717) is 11.9 Å². The first-order chi connectivity index (χ1) is 9.53. The van der Waals surface area contributed by atoms with Gasteiger partial charge in [0.05, 0.1) is 12.4 Å². The Morgan fingerprint density at radius 2 is 1.80 bits per heavy atom. The quantitative estimate of drug-likeness (QED) is 0.828. The van der Waals surface area contributed by atoms with Crippen LogP contribution in [0.5, 0.6) is 0 Å². The van der Waals surface area contributed by atoms with E-state index in [-0.39, 0.29) is 10.9 Å². The minimum atomic E-state index is -3.54. The molecule has 7 heteroatoms. The largest absolute Gasteiger partial charge is 0.357 e. The number of anilines is 1. The molecule has 1 aromatic rings. The summed E-state index contributed by atoms with van der Waals surface area (Å²) in [6, 6.07) is 0.00600. The van der Waals surface area contributed by atoms with Crippen molar-refractivity contribution in [1.82, 2.24) is 14.7 Å². The van der Waals surface area contributed by atoms with Crippen LogP contribution in [0.2, 0.25) is 0 Å². The van der Waals surface area contributed by atoms with Crippen molar-refractivity contribution in [3.63, 3.8) is 0 Å².